The second-order valence-corrected chi connectivity index (χ2v) is 6.10. The Kier molecular flexibility index (Phi) is 3.66. The topological polar surface area (TPSA) is 51.0 Å². The summed E-state index contributed by atoms with van der Waals surface area (Å²) >= 11 is 2.05. The standard InChI is InChI=1S/C12H19N3OS/c1-4-10(13-6-1)12-14-11(15-16-12)9-3-2-7-17-8-5-9/h9-10,13H,1-8H2/t9-,10+/m0/s1. The maximum absolute atomic E-state index is 5.41. The molecule has 0 unspecified atom stereocenters. The average molecular weight is 253 g/mol. The van der Waals surface area contributed by atoms with Crippen LogP contribution in [-0.4, -0.2) is 28.2 Å². The lowest BCUT2D eigenvalue weighted by Gasteiger charge is -2.07. The quantitative estimate of drug-likeness (QED) is 0.877. The van der Waals surface area contributed by atoms with E-state index in [0.717, 1.165) is 24.7 Å². The highest BCUT2D eigenvalue weighted by molar-refractivity contribution is 7.99. The summed E-state index contributed by atoms with van der Waals surface area (Å²) in [5, 5.41) is 7.59. The van der Waals surface area contributed by atoms with E-state index >= 15 is 0 Å². The molecule has 5 heteroatoms. The Morgan fingerprint density at radius 2 is 2.18 bits per heavy atom. The molecule has 2 atom stereocenters. The molecule has 0 aliphatic carbocycles. The highest BCUT2D eigenvalue weighted by Crippen LogP contribution is 2.30. The van der Waals surface area contributed by atoms with E-state index in [-0.39, 0.29) is 0 Å². The van der Waals surface area contributed by atoms with Gasteiger partial charge in [-0.25, -0.2) is 0 Å². The molecule has 0 saturated carbocycles. The third-order valence-corrected chi connectivity index (χ3v) is 4.73. The fraction of sp³-hybridized carbons (Fsp3) is 0.833. The monoisotopic (exact) mass is 253 g/mol. The van der Waals surface area contributed by atoms with Crippen LogP contribution < -0.4 is 5.32 Å². The van der Waals surface area contributed by atoms with Gasteiger partial charge in [0.15, 0.2) is 5.82 Å². The first-order valence-electron chi connectivity index (χ1n) is 6.58. The van der Waals surface area contributed by atoms with Gasteiger partial charge >= 0.3 is 0 Å². The summed E-state index contributed by atoms with van der Waals surface area (Å²) in [6.45, 7) is 1.07. The molecule has 1 N–H and O–H groups in total. The smallest absolute Gasteiger partial charge is 0.243 e. The van der Waals surface area contributed by atoms with Gasteiger partial charge in [0.1, 0.15) is 0 Å². The summed E-state index contributed by atoms with van der Waals surface area (Å²) in [5.74, 6) is 4.77. The van der Waals surface area contributed by atoms with Crippen LogP contribution in [-0.2, 0) is 0 Å². The zero-order valence-electron chi connectivity index (χ0n) is 10.0. The van der Waals surface area contributed by atoms with Gasteiger partial charge in [0, 0.05) is 5.92 Å². The van der Waals surface area contributed by atoms with Crippen molar-refractivity contribution in [2.24, 2.45) is 0 Å². The van der Waals surface area contributed by atoms with Crippen molar-refractivity contribution in [1.29, 1.82) is 0 Å². The van der Waals surface area contributed by atoms with Gasteiger partial charge in [-0.2, -0.15) is 16.7 Å². The molecule has 0 bridgehead atoms. The number of aromatic nitrogens is 2. The molecule has 17 heavy (non-hydrogen) atoms. The molecular weight excluding hydrogens is 234 g/mol. The minimum Gasteiger partial charge on any atom is -0.338 e. The first-order valence-corrected chi connectivity index (χ1v) is 7.73. The van der Waals surface area contributed by atoms with Crippen molar-refractivity contribution in [2.45, 2.75) is 44.1 Å². The highest BCUT2D eigenvalue weighted by Gasteiger charge is 2.25. The molecule has 2 aliphatic heterocycles. The van der Waals surface area contributed by atoms with Gasteiger partial charge in [-0.3, -0.25) is 0 Å². The Labute approximate surface area is 106 Å². The van der Waals surface area contributed by atoms with Gasteiger partial charge in [0.25, 0.3) is 0 Å². The molecular formula is C12H19N3OS. The fourth-order valence-corrected chi connectivity index (χ4v) is 3.64. The second kappa shape index (κ2) is 5.40. The number of nitrogens with one attached hydrogen (secondary N) is 1. The Bertz CT molecular complexity index is 354. The minimum absolute atomic E-state index is 0.302. The number of hydrogen-bond acceptors (Lipinski definition) is 5. The predicted octanol–water partition coefficient (Wildman–Crippen LogP) is 2.49. The Morgan fingerprint density at radius 1 is 1.18 bits per heavy atom. The maximum atomic E-state index is 5.41. The highest BCUT2D eigenvalue weighted by atomic mass is 32.2. The third kappa shape index (κ3) is 2.65. The van der Waals surface area contributed by atoms with Crippen molar-refractivity contribution < 1.29 is 4.52 Å². The van der Waals surface area contributed by atoms with Gasteiger partial charge in [-0.05, 0) is 50.2 Å². The van der Waals surface area contributed by atoms with E-state index in [4.69, 9.17) is 4.52 Å². The first-order chi connectivity index (χ1) is 8.43. The summed E-state index contributed by atoms with van der Waals surface area (Å²) in [4.78, 5) is 4.61. The fourth-order valence-electron chi connectivity index (χ4n) is 2.61. The van der Waals surface area contributed by atoms with Crippen molar-refractivity contribution in [3.63, 3.8) is 0 Å². The van der Waals surface area contributed by atoms with Crippen molar-refractivity contribution >= 4 is 11.8 Å². The van der Waals surface area contributed by atoms with Crippen LogP contribution in [0.3, 0.4) is 0 Å². The van der Waals surface area contributed by atoms with Crippen LogP contribution in [0.25, 0.3) is 0 Å². The number of nitrogens with zero attached hydrogens (tertiary/aromatic N) is 2. The zero-order valence-corrected chi connectivity index (χ0v) is 10.8. The molecule has 0 radical (unpaired) electrons. The summed E-state index contributed by atoms with van der Waals surface area (Å²) in [6.07, 6.45) is 6.03. The third-order valence-electron chi connectivity index (χ3n) is 3.63. The number of rotatable bonds is 2. The van der Waals surface area contributed by atoms with Gasteiger partial charge < -0.3 is 9.84 Å². The van der Waals surface area contributed by atoms with E-state index in [1.54, 1.807) is 0 Å². The molecule has 2 saturated heterocycles. The molecule has 0 spiro atoms. The average Bonchev–Trinajstić information content (AvgIpc) is 2.95. The van der Waals surface area contributed by atoms with Gasteiger partial charge in [0.2, 0.25) is 5.89 Å². The van der Waals surface area contributed by atoms with Crippen LogP contribution in [0, 0.1) is 0 Å². The van der Waals surface area contributed by atoms with Gasteiger partial charge in [0.05, 0.1) is 6.04 Å². The van der Waals surface area contributed by atoms with Crippen LogP contribution in [0.1, 0.15) is 55.8 Å². The Balaban J connectivity index is 1.70. The summed E-state index contributed by atoms with van der Waals surface area (Å²) < 4.78 is 5.41. The second-order valence-electron chi connectivity index (χ2n) is 4.88. The van der Waals surface area contributed by atoms with E-state index in [1.807, 2.05) is 11.8 Å². The number of thioether (sulfide) groups is 1. The summed E-state index contributed by atoms with van der Waals surface area (Å²) in [6, 6.07) is 0.302. The van der Waals surface area contributed by atoms with Crippen molar-refractivity contribution in [1.82, 2.24) is 15.5 Å². The van der Waals surface area contributed by atoms with Crippen molar-refractivity contribution in [2.75, 3.05) is 18.1 Å². The summed E-state index contributed by atoms with van der Waals surface area (Å²) in [7, 11) is 0. The maximum Gasteiger partial charge on any atom is 0.243 e. The molecule has 1 aromatic heterocycles. The van der Waals surface area contributed by atoms with Crippen LogP contribution in [0.15, 0.2) is 4.52 Å². The summed E-state index contributed by atoms with van der Waals surface area (Å²) in [5.41, 5.74) is 0. The molecule has 2 aliphatic rings. The molecule has 94 valence electrons. The van der Waals surface area contributed by atoms with Crippen LogP contribution in [0.2, 0.25) is 0 Å². The van der Waals surface area contributed by atoms with E-state index in [0.29, 0.717) is 12.0 Å². The van der Waals surface area contributed by atoms with Crippen LogP contribution >= 0.6 is 11.8 Å². The molecule has 3 heterocycles. The lowest BCUT2D eigenvalue weighted by molar-refractivity contribution is 0.338. The largest absolute Gasteiger partial charge is 0.338 e. The molecule has 2 fully saturated rings. The predicted molar refractivity (Wildman–Crippen MR) is 68.2 cm³/mol. The van der Waals surface area contributed by atoms with Gasteiger partial charge in [-0.15, -0.1) is 0 Å². The Morgan fingerprint density at radius 3 is 3.06 bits per heavy atom. The number of hydrogen-bond donors (Lipinski definition) is 1. The van der Waals surface area contributed by atoms with Crippen molar-refractivity contribution in [3.8, 4) is 0 Å². The van der Waals surface area contributed by atoms with E-state index in [9.17, 15) is 0 Å². The first kappa shape index (κ1) is 11.5. The van der Waals surface area contributed by atoms with Crippen molar-refractivity contribution in [3.05, 3.63) is 11.7 Å². The molecule has 0 amide bonds. The van der Waals surface area contributed by atoms with E-state index < -0.39 is 0 Å². The lowest BCUT2D eigenvalue weighted by atomic mass is 10.0. The minimum atomic E-state index is 0.302. The molecule has 3 rings (SSSR count). The Hall–Kier alpha value is -0.550. The van der Waals surface area contributed by atoms with Gasteiger partial charge in [-0.1, -0.05) is 5.16 Å². The van der Waals surface area contributed by atoms with E-state index in [2.05, 4.69) is 15.5 Å². The molecule has 0 aromatic carbocycles. The molecule has 4 nitrogen and oxygen atoms in total. The lowest BCUT2D eigenvalue weighted by Crippen LogP contribution is -2.13. The van der Waals surface area contributed by atoms with Crippen LogP contribution in [0.5, 0.6) is 0 Å². The van der Waals surface area contributed by atoms with E-state index in [1.165, 1.54) is 37.2 Å². The SMILES string of the molecule is C1CSCC[C@@H](c2noc([C@H]3CCCN3)n2)C1. The molecule has 1 aromatic rings. The van der Waals surface area contributed by atoms with Crippen LogP contribution in [0.4, 0.5) is 0 Å². The zero-order chi connectivity index (χ0) is 11.5. The normalized spacial score (nSPS) is 30.4.